The Bertz CT molecular complexity index is 647. The SMILES string of the molecule is CC(CCN)c1c2ccoc2c(Br)c2ccoc12. The maximum atomic E-state index is 5.67. The zero-order valence-corrected chi connectivity index (χ0v) is 11.7. The summed E-state index contributed by atoms with van der Waals surface area (Å²) >= 11 is 3.58. The van der Waals surface area contributed by atoms with Crippen molar-refractivity contribution in [3.8, 4) is 0 Å². The van der Waals surface area contributed by atoms with Gasteiger partial charge >= 0.3 is 0 Å². The second-order valence-corrected chi connectivity index (χ2v) is 5.33. The summed E-state index contributed by atoms with van der Waals surface area (Å²) in [4.78, 5) is 0. The van der Waals surface area contributed by atoms with E-state index in [0.29, 0.717) is 12.5 Å². The van der Waals surface area contributed by atoms with Crippen molar-refractivity contribution in [3.05, 3.63) is 34.7 Å². The molecule has 3 rings (SSSR count). The van der Waals surface area contributed by atoms with Gasteiger partial charge < -0.3 is 14.6 Å². The average molecular weight is 308 g/mol. The van der Waals surface area contributed by atoms with Gasteiger partial charge in [0.05, 0.1) is 17.0 Å². The zero-order chi connectivity index (χ0) is 12.7. The van der Waals surface area contributed by atoms with Crippen LogP contribution in [0.25, 0.3) is 21.9 Å². The first-order valence-electron chi connectivity index (χ1n) is 6.00. The minimum atomic E-state index is 0.344. The van der Waals surface area contributed by atoms with E-state index in [-0.39, 0.29) is 0 Å². The molecule has 0 amide bonds. The van der Waals surface area contributed by atoms with E-state index in [1.165, 1.54) is 5.56 Å². The molecule has 2 aromatic heterocycles. The molecule has 0 aliphatic heterocycles. The molecule has 0 aliphatic carbocycles. The predicted molar refractivity (Wildman–Crippen MR) is 75.8 cm³/mol. The molecule has 1 unspecified atom stereocenters. The predicted octanol–water partition coefficient (Wildman–Crippen LogP) is 4.39. The summed E-state index contributed by atoms with van der Waals surface area (Å²) < 4.78 is 12.2. The Morgan fingerprint density at radius 1 is 1.17 bits per heavy atom. The van der Waals surface area contributed by atoms with Gasteiger partial charge in [-0.2, -0.15) is 0 Å². The second-order valence-electron chi connectivity index (χ2n) is 4.53. The topological polar surface area (TPSA) is 52.3 Å². The van der Waals surface area contributed by atoms with Gasteiger partial charge in [-0.15, -0.1) is 0 Å². The largest absolute Gasteiger partial charge is 0.464 e. The van der Waals surface area contributed by atoms with E-state index in [4.69, 9.17) is 14.6 Å². The summed E-state index contributed by atoms with van der Waals surface area (Å²) in [5, 5.41) is 2.15. The third kappa shape index (κ3) is 1.60. The summed E-state index contributed by atoms with van der Waals surface area (Å²) in [6, 6.07) is 3.95. The van der Waals surface area contributed by atoms with E-state index in [1.807, 2.05) is 12.1 Å². The molecule has 0 spiro atoms. The molecule has 2 N–H and O–H groups in total. The van der Waals surface area contributed by atoms with Gasteiger partial charge in [0.1, 0.15) is 11.2 Å². The van der Waals surface area contributed by atoms with Crippen molar-refractivity contribution in [2.75, 3.05) is 6.54 Å². The van der Waals surface area contributed by atoms with Crippen LogP contribution in [0.5, 0.6) is 0 Å². The Kier molecular flexibility index (Phi) is 2.92. The molecule has 0 bridgehead atoms. The first-order chi connectivity index (χ1) is 8.74. The monoisotopic (exact) mass is 307 g/mol. The van der Waals surface area contributed by atoms with Crippen molar-refractivity contribution in [2.24, 2.45) is 5.73 Å². The van der Waals surface area contributed by atoms with Crippen LogP contribution < -0.4 is 5.73 Å². The molecule has 0 fully saturated rings. The Balaban J connectivity index is 2.40. The Hall–Kier alpha value is -1.26. The van der Waals surface area contributed by atoms with Crippen molar-refractivity contribution in [2.45, 2.75) is 19.3 Å². The quantitative estimate of drug-likeness (QED) is 0.780. The average Bonchev–Trinajstić information content (AvgIpc) is 2.97. The van der Waals surface area contributed by atoms with Gasteiger partial charge in [0.25, 0.3) is 0 Å². The second kappa shape index (κ2) is 4.44. The van der Waals surface area contributed by atoms with Gasteiger partial charge in [-0.3, -0.25) is 0 Å². The summed E-state index contributed by atoms with van der Waals surface area (Å²) in [6.45, 7) is 2.84. The van der Waals surface area contributed by atoms with Crippen molar-refractivity contribution in [1.29, 1.82) is 0 Å². The Labute approximate surface area is 113 Å². The summed E-state index contributed by atoms with van der Waals surface area (Å²) in [5.41, 5.74) is 8.66. The summed E-state index contributed by atoms with van der Waals surface area (Å²) in [5.74, 6) is 0.344. The van der Waals surface area contributed by atoms with Crippen LogP contribution in [-0.2, 0) is 0 Å². The number of fused-ring (bicyclic) bond motifs is 2. The molecule has 3 aromatic rings. The van der Waals surface area contributed by atoms with Crippen LogP contribution in [0.4, 0.5) is 0 Å². The minimum Gasteiger partial charge on any atom is -0.464 e. The smallest absolute Gasteiger partial charge is 0.149 e. The van der Waals surface area contributed by atoms with Crippen LogP contribution in [0.2, 0.25) is 0 Å². The Morgan fingerprint density at radius 3 is 2.56 bits per heavy atom. The van der Waals surface area contributed by atoms with Crippen LogP contribution in [0.3, 0.4) is 0 Å². The highest BCUT2D eigenvalue weighted by molar-refractivity contribution is 9.10. The van der Waals surface area contributed by atoms with Crippen molar-refractivity contribution >= 4 is 37.9 Å². The van der Waals surface area contributed by atoms with E-state index in [0.717, 1.165) is 32.8 Å². The first kappa shape index (κ1) is 11.8. The van der Waals surface area contributed by atoms with Gasteiger partial charge in [0, 0.05) is 16.3 Å². The Morgan fingerprint density at radius 2 is 1.83 bits per heavy atom. The lowest BCUT2D eigenvalue weighted by atomic mass is 9.93. The fourth-order valence-electron chi connectivity index (χ4n) is 2.51. The maximum Gasteiger partial charge on any atom is 0.149 e. The van der Waals surface area contributed by atoms with Crippen molar-refractivity contribution < 1.29 is 8.83 Å². The first-order valence-corrected chi connectivity index (χ1v) is 6.79. The molecule has 1 aromatic carbocycles. The van der Waals surface area contributed by atoms with Crippen molar-refractivity contribution in [1.82, 2.24) is 0 Å². The number of furan rings is 2. The van der Waals surface area contributed by atoms with E-state index in [2.05, 4.69) is 22.9 Å². The molecule has 4 heteroatoms. The van der Waals surface area contributed by atoms with Gasteiger partial charge in [0.15, 0.2) is 0 Å². The molecule has 0 aliphatic rings. The summed E-state index contributed by atoms with van der Waals surface area (Å²) in [7, 11) is 0. The third-order valence-electron chi connectivity index (χ3n) is 3.39. The molecule has 1 atom stereocenters. The number of halogens is 1. The molecule has 0 saturated carbocycles. The normalized spacial score (nSPS) is 13.5. The lowest BCUT2D eigenvalue weighted by molar-refractivity contribution is 0.597. The molecule has 94 valence electrons. The molecule has 0 radical (unpaired) electrons. The number of benzene rings is 1. The number of rotatable bonds is 3. The lowest BCUT2D eigenvalue weighted by Gasteiger charge is -2.13. The summed E-state index contributed by atoms with van der Waals surface area (Å²) in [6.07, 6.45) is 4.36. The lowest BCUT2D eigenvalue weighted by Crippen LogP contribution is -2.05. The molecule has 3 nitrogen and oxygen atoms in total. The molecular formula is C14H14BrNO2. The third-order valence-corrected chi connectivity index (χ3v) is 4.18. The van der Waals surface area contributed by atoms with E-state index >= 15 is 0 Å². The minimum absolute atomic E-state index is 0.344. The van der Waals surface area contributed by atoms with Gasteiger partial charge in [-0.1, -0.05) is 6.92 Å². The van der Waals surface area contributed by atoms with Crippen LogP contribution in [0.15, 0.2) is 38.0 Å². The molecular weight excluding hydrogens is 294 g/mol. The van der Waals surface area contributed by atoms with E-state index in [9.17, 15) is 0 Å². The zero-order valence-electron chi connectivity index (χ0n) is 10.1. The molecule has 18 heavy (non-hydrogen) atoms. The highest BCUT2D eigenvalue weighted by atomic mass is 79.9. The fraction of sp³-hybridized carbons (Fsp3) is 0.286. The maximum absolute atomic E-state index is 5.67. The number of hydrogen-bond donors (Lipinski definition) is 1. The standard InChI is InChI=1S/C14H14BrNO2/c1-8(2-5-16)11-9-3-6-18-14(9)12(15)10-4-7-17-13(10)11/h3-4,6-8H,2,5,16H2,1H3. The number of hydrogen-bond acceptors (Lipinski definition) is 3. The highest BCUT2D eigenvalue weighted by Gasteiger charge is 2.20. The van der Waals surface area contributed by atoms with Crippen LogP contribution >= 0.6 is 15.9 Å². The van der Waals surface area contributed by atoms with Crippen LogP contribution in [0.1, 0.15) is 24.8 Å². The highest BCUT2D eigenvalue weighted by Crippen LogP contribution is 2.41. The van der Waals surface area contributed by atoms with Crippen LogP contribution in [-0.4, -0.2) is 6.54 Å². The van der Waals surface area contributed by atoms with Crippen molar-refractivity contribution in [3.63, 3.8) is 0 Å². The molecule has 0 saturated heterocycles. The fourth-order valence-corrected chi connectivity index (χ4v) is 3.13. The van der Waals surface area contributed by atoms with Gasteiger partial charge in [-0.25, -0.2) is 0 Å². The van der Waals surface area contributed by atoms with E-state index in [1.54, 1.807) is 12.5 Å². The number of nitrogens with two attached hydrogens (primary N) is 1. The van der Waals surface area contributed by atoms with Gasteiger partial charge in [-0.05, 0) is 46.9 Å². The molecule has 2 heterocycles. The van der Waals surface area contributed by atoms with Crippen LogP contribution in [0, 0.1) is 0 Å². The van der Waals surface area contributed by atoms with Gasteiger partial charge in [0.2, 0.25) is 0 Å². The van der Waals surface area contributed by atoms with E-state index < -0.39 is 0 Å².